The number of thiazole rings is 1. The van der Waals surface area contributed by atoms with Crippen LogP contribution in [0.15, 0.2) is 60.1 Å². The highest BCUT2D eigenvalue weighted by molar-refractivity contribution is 7.13. The molecular weight excluding hydrogens is 763 g/mol. The van der Waals surface area contributed by atoms with Gasteiger partial charge in [-0.15, -0.1) is 11.3 Å². The molecule has 6 amide bonds. The van der Waals surface area contributed by atoms with Crippen LogP contribution < -0.4 is 37.1 Å². The number of para-hydroxylation sites is 1. The Balaban J connectivity index is 1.54. The van der Waals surface area contributed by atoms with Crippen molar-refractivity contribution in [2.24, 2.45) is 11.8 Å². The van der Waals surface area contributed by atoms with Crippen molar-refractivity contribution in [2.75, 3.05) is 25.9 Å². The summed E-state index contributed by atoms with van der Waals surface area (Å²) in [6, 6.07) is 9.33. The van der Waals surface area contributed by atoms with Gasteiger partial charge in [0.15, 0.2) is 5.13 Å². The van der Waals surface area contributed by atoms with E-state index in [1.54, 1.807) is 30.5 Å². The Morgan fingerprint density at radius 3 is 2.17 bits per heavy atom. The molecule has 8 N–H and O–H groups in total. The van der Waals surface area contributed by atoms with E-state index in [9.17, 15) is 28.8 Å². The number of nitrogens with zero attached hydrogens (tertiary/aromatic N) is 2. The molecule has 1 fully saturated rings. The van der Waals surface area contributed by atoms with Gasteiger partial charge in [0, 0.05) is 47.9 Å². The number of carbonyl (C=O) groups is 6. The summed E-state index contributed by atoms with van der Waals surface area (Å²) in [4.78, 5) is 92.7. The number of fused-ring (bicyclic) bond motifs is 1. The van der Waals surface area contributed by atoms with Crippen molar-refractivity contribution in [1.82, 2.24) is 41.5 Å². The minimum atomic E-state index is -1.19. The SMILES string of the molecule is COc1ccc(C[C@@H]2NC(=O)[C@H](CC(C)C)NC(=O)[C@@H](Cc3c[nH]c4ccccc34)NC(=O)CN(C(=O)c3csc(N)n3)C[C@H](C(C)C)NC(=O)[C@@H](C)NC2=O)cc1. The maximum atomic E-state index is 14.4. The van der Waals surface area contributed by atoms with Crippen LogP contribution in [0.5, 0.6) is 5.75 Å². The summed E-state index contributed by atoms with van der Waals surface area (Å²) in [7, 11) is 1.54. The number of rotatable bonds is 9. The van der Waals surface area contributed by atoms with Crippen molar-refractivity contribution in [3.05, 3.63) is 76.9 Å². The minimum absolute atomic E-state index is 0.0189. The van der Waals surface area contributed by atoms with Crippen LogP contribution in [0.3, 0.4) is 0 Å². The molecule has 5 atom stereocenters. The van der Waals surface area contributed by atoms with Gasteiger partial charge < -0.3 is 46.9 Å². The highest BCUT2D eigenvalue weighted by Gasteiger charge is 2.34. The summed E-state index contributed by atoms with van der Waals surface area (Å²) in [6.45, 7) is 8.38. The number of nitrogen functional groups attached to an aromatic ring is 1. The molecule has 0 radical (unpaired) electrons. The summed E-state index contributed by atoms with van der Waals surface area (Å²) < 4.78 is 5.28. The molecule has 2 aromatic heterocycles. The number of H-pyrrole nitrogens is 1. The van der Waals surface area contributed by atoms with Gasteiger partial charge in [0.2, 0.25) is 29.5 Å². The second-order valence-corrected chi connectivity index (χ2v) is 16.2. The molecule has 58 heavy (non-hydrogen) atoms. The molecule has 0 unspecified atom stereocenters. The Hall–Kier alpha value is -5.97. The fourth-order valence-electron chi connectivity index (χ4n) is 6.71. The van der Waals surface area contributed by atoms with Gasteiger partial charge in [-0.1, -0.05) is 58.0 Å². The predicted molar refractivity (Wildman–Crippen MR) is 221 cm³/mol. The molecule has 0 bridgehead atoms. The normalized spacial score (nSPS) is 21.8. The lowest BCUT2D eigenvalue weighted by Crippen LogP contribution is -2.60. The molecule has 0 aliphatic carbocycles. The monoisotopic (exact) mass is 815 g/mol. The van der Waals surface area contributed by atoms with Crippen LogP contribution in [0.4, 0.5) is 5.13 Å². The van der Waals surface area contributed by atoms with E-state index in [1.807, 2.05) is 52.0 Å². The minimum Gasteiger partial charge on any atom is -0.497 e. The third-order valence-electron chi connectivity index (χ3n) is 9.99. The highest BCUT2D eigenvalue weighted by Crippen LogP contribution is 2.21. The van der Waals surface area contributed by atoms with E-state index in [0.717, 1.165) is 27.8 Å². The first-order chi connectivity index (χ1) is 27.6. The second kappa shape index (κ2) is 19.5. The number of aromatic nitrogens is 2. The van der Waals surface area contributed by atoms with Gasteiger partial charge in [0.05, 0.1) is 13.7 Å². The molecule has 1 aliphatic rings. The average Bonchev–Trinajstić information content (AvgIpc) is 3.81. The largest absolute Gasteiger partial charge is 0.497 e. The summed E-state index contributed by atoms with van der Waals surface area (Å²) in [5.74, 6) is -3.38. The average molecular weight is 816 g/mol. The number of hydrogen-bond acceptors (Lipinski definition) is 10. The summed E-state index contributed by atoms with van der Waals surface area (Å²) >= 11 is 1.07. The molecule has 17 heteroatoms. The first-order valence-corrected chi connectivity index (χ1v) is 20.2. The van der Waals surface area contributed by atoms with Gasteiger partial charge in [0.1, 0.15) is 35.6 Å². The van der Waals surface area contributed by atoms with Crippen LogP contribution in [0, 0.1) is 11.8 Å². The Kier molecular flexibility index (Phi) is 14.5. The molecule has 4 aromatic rings. The zero-order valence-electron chi connectivity index (χ0n) is 33.6. The zero-order valence-corrected chi connectivity index (χ0v) is 34.4. The maximum Gasteiger partial charge on any atom is 0.273 e. The summed E-state index contributed by atoms with van der Waals surface area (Å²) in [5.41, 5.74) is 8.15. The van der Waals surface area contributed by atoms with Gasteiger partial charge >= 0.3 is 0 Å². The number of benzene rings is 2. The van der Waals surface area contributed by atoms with E-state index in [1.165, 1.54) is 24.3 Å². The molecular formula is C41H53N9O7S. The van der Waals surface area contributed by atoms with E-state index in [0.29, 0.717) is 11.3 Å². The zero-order chi connectivity index (χ0) is 42.1. The first-order valence-electron chi connectivity index (χ1n) is 19.3. The fraction of sp³-hybridized carbons (Fsp3) is 0.439. The van der Waals surface area contributed by atoms with Crippen molar-refractivity contribution in [3.8, 4) is 5.75 Å². The van der Waals surface area contributed by atoms with Crippen LogP contribution in [0.2, 0.25) is 0 Å². The Labute approximate surface area is 341 Å². The molecule has 310 valence electrons. The smallest absolute Gasteiger partial charge is 0.273 e. The van der Waals surface area contributed by atoms with E-state index >= 15 is 0 Å². The summed E-state index contributed by atoms with van der Waals surface area (Å²) in [5, 5.41) is 16.7. The van der Waals surface area contributed by atoms with Crippen LogP contribution >= 0.6 is 11.3 Å². The lowest BCUT2D eigenvalue weighted by molar-refractivity contribution is -0.135. The number of ether oxygens (including phenoxy) is 1. The fourth-order valence-corrected chi connectivity index (χ4v) is 7.25. The number of carbonyl (C=O) groups excluding carboxylic acids is 6. The van der Waals surface area contributed by atoms with Crippen molar-refractivity contribution in [1.29, 1.82) is 0 Å². The van der Waals surface area contributed by atoms with E-state index in [4.69, 9.17) is 10.5 Å². The highest BCUT2D eigenvalue weighted by atomic mass is 32.1. The maximum absolute atomic E-state index is 14.4. The van der Waals surface area contributed by atoms with Gasteiger partial charge in [-0.25, -0.2) is 4.98 Å². The number of methoxy groups -OCH3 is 1. The van der Waals surface area contributed by atoms with Crippen LogP contribution in [-0.2, 0) is 36.8 Å². The predicted octanol–water partition coefficient (Wildman–Crippen LogP) is 2.30. The van der Waals surface area contributed by atoms with Gasteiger partial charge in [-0.05, 0) is 54.5 Å². The molecule has 16 nitrogen and oxygen atoms in total. The van der Waals surface area contributed by atoms with E-state index < -0.39 is 72.2 Å². The van der Waals surface area contributed by atoms with Gasteiger partial charge in [-0.2, -0.15) is 0 Å². The lowest BCUT2D eigenvalue weighted by atomic mass is 9.99. The van der Waals surface area contributed by atoms with Crippen molar-refractivity contribution in [2.45, 2.75) is 84.1 Å². The Morgan fingerprint density at radius 2 is 1.52 bits per heavy atom. The molecule has 1 aliphatic heterocycles. The molecule has 1 saturated heterocycles. The first kappa shape index (κ1) is 43.2. The van der Waals surface area contributed by atoms with Gasteiger partial charge in [0.25, 0.3) is 5.91 Å². The third-order valence-corrected chi connectivity index (χ3v) is 10.7. The number of anilines is 1. The van der Waals surface area contributed by atoms with E-state index in [2.05, 4.69) is 36.6 Å². The Morgan fingerprint density at radius 1 is 0.862 bits per heavy atom. The van der Waals surface area contributed by atoms with Crippen LogP contribution in [-0.4, -0.2) is 101 Å². The molecule has 2 aromatic carbocycles. The number of amides is 6. The third kappa shape index (κ3) is 11.3. The van der Waals surface area contributed by atoms with Crippen LogP contribution in [0.1, 0.15) is 62.7 Å². The lowest BCUT2D eigenvalue weighted by Gasteiger charge is -2.32. The number of nitrogens with two attached hydrogens (primary N) is 1. The number of aromatic amines is 1. The molecule has 0 saturated carbocycles. The second-order valence-electron chi connectivity index (χ2n) is 15.3. The van der Waals surface area contributed by atoms with Crippen LogP contribution in [0.25, 0.3) is 10.9 Å². The molecule has 5 rings (SSSR count). The standard InChI is InChI=1S/C41H53N9O7S/c1-22(2)15-30-38(54)47-31(16-25-11-13-27(57-6)14-12-25)37(53)44-24(5)36(52)48-33(23(3)4)19-50(40(56)34-21-58-41(42)49-34)20-35(51)45-32(39(55)46-30)17-26-18-43-29-10-8-7-9-28(26)29/h7-14,18,21-24,30-33,43H,15-17,19-20H2,1-6H3,(H2,42,49)(H,44,53)(H,45,51)(H,46,55)(H,47,54)(H,48,52)/t24-,30+,31+,32-,33-/m1/s1. The van der Waals surface area contributed by atoms with Gasteiger partial charge in [-0.3, -0.25) is 28.8 Å². The van der Waals surface area contributed by atoms with Crippen molar-refractivity contribution < 1.29 is 33.5 Å². The number of nitrogens with one attached hydrogen (secondary N) is 6. The quantitative estimate of drug-likeness (QED) is 0.131. The molecule has 3 heterocycles. The van der Waals surface area contributed by atoms with Crippen molar-refractivity contribution >= 4 is 62.8 Å². The van der Waals surface area contributed by atoms with Crippen molar-refractivity contribution in [3.63, 3.8) is 0 Å². The van der Waals surface area contributed by atoms with E-state index in [-0.39, 0.29) is 48.5 Å². The topological polar surface area (TPSA) is 230 Å². The molecule has 0 spiro atoms. The summed E-state index contributed by atoms with van der Waals surface area (Å²) in [6.07, 6.45) is 2.07. The Bertz CT molecular complexity index is 2100. The number of hydrogen-bond donors (Lipinski definition) is 7.